The predicted octanol–water partition coefficient (Wildman–Crippen LogP) is 3.20. The monoisotopic (exact) mass is 161 g/mol. The van der Waals surface area contributed by atoms with E-state index in [9.17, 15) is 0 Å². The van der Waals surface area contributed by atoms with Crippen molar-refractivity contribution in [2.24, 2.45) is 0 Å². The minimum atomic E-state index is 1.02. The van der Waals surface area contributed by atoms with Crippen molar-refractivity contribution in [1.29, 1.82) is 0 Å². The molecule has 12 heavy (non-hydrogen) atoms. The zero-order valence-corrected chi connectivity index (χ0v) is 7.75. The van der Waals surface area contributed by atoms with Gasteiger partial charge in [-0.3, -0.25) is 0 Å². The maximum atomic E-state index is 3.93. The van der Waals surface area contributed by atoms with Crippen LogP contribution in [-0.2, 0) is 0 Å². The molecule has 0 atom stereocenters. The molecule has 0 N–H and O–H groups in total. The van der Waals surface area contributed by atoms with Crippen LogP contribution in [0.4, 0.5) is 0 Å². The summed E-state index contributed by atoms with van der Waals surface area (Å²) in [7, 11) is 0. The lowest BCUT2D eigenvalue weighted by atomic mass is 10.1. The summed E-state index contributed by atoms with van der Waals surface area (Å²) in [6.45, 7) is 8.08. The molecular weight excluding hydrogens is 146 g/mol. The Bertz CT molecular complexity index is 256. The second-order valence-corrected chi connectivity index (χ2v) is 2.77. The van der Waals surface area contributed by atoms with Gasteiger partial charge in [-0.25, -0.2) is 0 Å². The predicted molar refractivity (Wildman–Crippen MR) is 53.3 cm³/mol. The topological polar surface area (TPSA) is 3.24 Å². The molecule has 0 aromatic carbocycles. The van der Waals surface area contributed by atoms with Crippen molar-refractivity contribution in [3.63, 3.8) is 0 Å². The Balaban J connectivity index is 2.81. The van der Waals surface area contributed by atoms with Crippen molar-refractivity contribution in [2.45, 2.75) is 20.3 Å². The Hall–Kier alpha value is -1.24. The summed E-state index contributed by atoms with van der Waals surface area (Å²) >= 11 is 0. The molecule has 0 saturated heterocycles. The number of allylic oxidation sites excluding steroid dienone is 4. The van der Waals surface area contributed by atoms with Crippen molar-refractivity contribution in [3.05, 3.63) is 48.5 Å². The first-order chi connectivity index (χ1) is 5.77. The molecule has 0 aliphatic carbocycles. The van der Waals surface area contributed by atoms with Crippen molar-refractivity contribution < 1.29 is 0 Å². The van der Waals surface area contributed by atoms with Crippen LogP contribution in [0.2, 0.25) is 0 Å². The van der Waals surface area contributed by atoms with E-state index in [1.54, 1.807) is 0 Å². The van der Waals surface area contributed by atoms with Crippen molar-refractivity contribution in [1.82, 2.24) is 4.90 Å². The zero-order valence-electron chi connectivity index (χ0n) is 7.75. The fourth-order valence-electron chi connectivity index (χ4n) is 1.10. The third-order valence-corrected chi connectivity index (χ3v) is 1.84. The average molecular weight is 161 g/mol. The van der Waals surface area contributed by atoms with E-state index in [0.717, 1.165) is 12.1 Å². The van der Waals surface area contributed by atoms with E-state index in [-0.39, 0.29) is 0 Å². The average Bonchev–Trinajstić information content (AvgIpc) is 2.09. The van der Waals surface area contributed by atoms with Crippen molar-refractivity contribution in [2.75, 3.05) is 0 Å². The van der Waals surface area contributed by atoms with Gasteiger partial charge in [0.2, 0.25) is 0 Å². The Kier molecular flexibility index (Phi) is 2.92. The van der Waals surface area contributed by atoms with Crippen LogP contribution in [0.25, 0.3) is 0 Å². The normalized spacial score (nSPS) is 17.3. The highest BCUT2D eigenvalue weighted by Gasteiger charge is 2.03. The molecule has 0 fully saturated rings. The van der Waals surface area contributed by atoms with Gasteiger partial charge in [0.1, 0.15) is 0 Å². The van der Waals surface area contributed by atoms with Gasteiger partial charge in [-0.2, -0.15) is 0 Å². The van der Waals surface area contributed by atoms with Crippen LogP contribution in [0.15, 0.2) is 48.5 Å². The van der Waals surface area contributed by atoms with Gasteiger partial charge in [0.25, 0.3) is 0 Å². The minimum absolute atomic E-state index is 1.02. The highest BCUT2D eigenvalue weighted by atomic mass is 15.1. The second kappa shape index (κ2) is 3.96. The summed E-state index contributed by atoms with van der Waals surface area (Å²) in [5, 5.41) is 0. The molecule has 0 spiro atoms. The molecule has 1 heteroatoms. The summed E-state index contributed by atoms with van der Waals surface area (Å²) in [5.74, 6) is 0. The van der Waals surface area contributed by atoms with Gasteiger partial charge in [0, 0.05) is 18.1 Å². The Morgan fingerprint density at radius 3 is 2.83 bits per heavy atom. The number of nitrogens with zero attached hydrogens (tertiary/aromatic N) is 1. The summed E-state index contributed by atoms with van der Waals surface area (Å²) in [5.41, 5.74) is 2.35. The maximum Gasteiger partial charge on any atom is 0.0377 e. The van der Waals surface area contributed by atoms with Crippen LogP contribution in [0, 0.1) is 0 Å². The van der Waals surface area contributed by atoms with E-state index in [1.165, 1.54) is 5.57 Å². The summed E-state index contributed by atoms with van der Waals surface area (Å²) in [6.07, 6.45) is 11.4. The molecule has 1 rings (SSSR count). The first-order valence-electron chi connectivity index (χ1n) is 4.26. The van der Waals surface area contributed by atoms with Crippen LogP contribution < -0.4 is 0 Å². The van der Waals surface area contributed by atoms with Gasteiger partial charge in [-0.15, -0.1) is 0 Å². The van der Waals surface area contributed by atoms with Crippen LogP contribution in [0.5, 0.6) is 0 Å². The molecule has 0 aromatic rings. The first-order valence-corrected chi connectivity index (χ1v) is 4.26. The molecule has 0 amide bonds. The largest absolute Gasteiger partial charge is 0.325 e. The Labute approximate surface area is 74.4 Å². The molecule has 1 aliphatic heterocycles. The van der Waals surface area contributed by atoms with Crippen LogP contribution in [0.3, 0.4) is 0 Å². The van der Waals surface area contributed by atoms with E-state index < -0.39 is 0 Å². The summed E-state index contributed by atoms with van der Waals surface area (Å²) in [6, 6.07) is 0. The molecule has 1 heterocycles. The van der Waals surface area contributed by atoms with Crippen LogP contribution in [-0.4, -0.2) is 4.90 Å². The van der Waals surface area contributed by atoms with Gasteiger partial charge in [-0.1, -0.05) is 25.7 Å². The molecule has 0 unspecified atom stereocenters. The molecule has 64 valence electrons. The van der Waals surface area contributed by atoms with Gasteiger partial charge in [0.05, 0.1) is 0 Å². The smallest absolute Gasteiger partial charge is 0.0377 e. The fourth-order valence-corrected chi connectivity index (χ4v) is 1.10. The van der Waals surface area contributed by atoms with Gasteiger partial charge in [0.15, 0.2) is 0 Å². The Morgan fingerprint density at radius 1 is 1.50 bits per heavy atom. The van der Waals surface area contributed by atoms with Crippen molar-refractivity contribution in [3.8, 4) is 0 Å². The summed E-state index contributed by atoms with van der Waals surface area (Å²) < 4.78 is 0. The zero-order chi connectivity index (χ0) is 8.97. The highest BCUT2D eigenvalue weighted by Crippen LogP contribution is 2.17. The van der Waals surface area contributed by atoms with E-state index >= 15 is 0 Å². The molecule has 1 aliphatic rings. The first kappa shape index (κ1) is 8.85. The molecule has 0 saturated carbocycles. The number of rotatable bonds is 2. The standard InChI is InChI=1S/C11H15N/c1-4-8-12-9-11(5-2)7-6-10(12)3/h4,6-9H,3,5H2,1-2H3/b8-4-. The molecule has 1 nitrogen and oxygen atoms in total. The quantitative estimate of drug-likeness (QED) is 0.601. The lowest BCUT2D eigenvalue weighted by Gasteiger charge is -2.20. The summed E-state index contributed by atoms with van der Waals surface area (Å²) in [4.78, 5) is 2.04. The minimum Gasteiger partial charge on any atom is -0.325 e. The lowest BCUT2D eigenvalue weighted by molar-refractivity contribution is 0.637. The third-order valence-electron chi connectivity index (χ3n) is 1.84. The van der Waals surface area contributed by atoms with E-state index in [2.05, 4.69) is 25.8 Å². The van der Waals surface area contributed by atoms with E-state index in [4.69, 9.17) is 0 Å². The number of hydrogen-bond donors (Lipinski definition) is 0. The maximum absolute atomic E-state index is 3.93. The molecular formula is C11H15N. The third kappa shape index (κ3) is 1.88. The van der Waals surface area contributed by atoms with Crippen LogP contribution >= 0.6 is 0 Å². The van der Waals surface area contributed by atoms with Gasteiger partial charge >= 0.3 is 0 Å². The van der Waals surface area contributed by atoms with Crippen molar-refractivity contribution >= 4 is 0 Å². The highest BCUT2D eigenvalue weighted by molar-refractivity contribution is 5.33. The van der Waals surface area contributed by atoms with E-state index in [1.807, 2.05) is 30.2 Å². The van der Waals surface area contributed by atoms with Crippen LogP contribution in [0.1, 0.15) is 20.3 Å². The molecule has 0 aromatic heterocycles. The number of hydrogen-bond acceptors (Lipinski definition) is 1. The second-order valence-electron chi connectivity index (χ2n) is 2.77. The molecule has 0 radical (unpaired) electrons. The van der Waals surface area contributed by atoms with E-state index in [0.29, 0.717) is 0 Å². The van der Waals surface area contributed by atoms with Gasteiger partial charge in [-0.05, 0) is 25.0 Å². The van der Waals surface area contributed by atoms with Gasteiger partial charge < -0.3 is 4.90 Å². The SMILES string of the molecule is C=C1C=CC(CC)=CN1/C=C\C. The molecule has 0 bridgehead atoms. The fraction of sp³-hybridized carbons (Fsp3) is 0.273. The lowest BCUT2D eigenvalue weighted by Crippen LogP contribution is -2.10. The Morgan fingerprint density at radius 2 is 2.25 bits per heavy atom.